The topological polar surface area (TPSA) is 44.7 Å². The highest BCUT2D eigenvalue weighted by molar-refractivity contribution is 5.48. The molecule has 0 amide bonds. The number of benzene rings is 1. The Morgan fingerprint density at radius 1 is 1.24 bits per heavy atom. The number of hydrogen-bond acceptors (Lipinski definition) is 4. The maximum atomic E-state index is 9.78. The molecule has 2 unspecified atom stereocenters. The van der Waals surface area contributed by atoms with Crippen molar-refractivity contribution in [2.75, 3.05) is 37.7 Å². The largest absolute Gasteiger partial charge is 0.392 e. The average molecular weight is 292 g/mol. The Bertz CT molecular complexity index is 402. The van der Waals surface area contributed by atoms with E-state index >= 15 is 0 Å². The van der Waals surface area contributed by atoms with Crippen molar-refractivity contribution >= 4 is 5.69 Å². The Hall–Kier alpha value is -1.10. The molecule has 1 aliphatic rings. The second-order valence-corrected chi connectivity index (χ2v) is 5.76. The molecule has 2 rings (SSSR count). The third-order valence-corrected chi connectivity index (χ3v) is 4.05. The van der Waals surface area contributed by atoms with Gasteiger partial charge < -0.3 is 20.1 Å². The number of nitrogens with one attached hydrogen (secondary N) is 1. The lowest BCUT2D eigenvalue weighted by Gasteiger charge is -2.29. The molecule has 0 saturated carbocycles. The number of anilines is 1. The highest BCUT2D eigenvalue weighted by atomic mass is 16.5. The molecule has 2 atom stereocenters. The van der Waals surface area contributed by atoms with E-state index in [4.69, 9.17) is 4.74 Å². The lowest BCUT2D eigenvalue weighted by molar-refractivity contribution is 0.122. The monoisotopic (exact) mass is 292 g/mol. The molecule has 4 nitrogen and oxygen atoms in total. The van der Waals surface area contributed by atoms with E-state index in [9.17, 15) is 5.11 Å². The molecule has 1 aliphatic heterocycles. The first-order valence-electron chi connectivity index (χ1n) is 8.04. The Kier molecular flexibility index (Phi) is 6.49. The predicted molar refractivity (Wildman–Crippen MR) is 86.8 cm³/mol. The molecule has 21 heavy (non-hydrogen) atoms. The molecule has 0 aliphatic carbocycles. The minimum absolute atomic E-state index is 0.245. The summed E-state index contributed by atoms with van der Waals surface area (Å²) < 4.78 is 5.38. The normalized spacial score (nSPS) is 18.5. The zero-order valence-electron chi connectivity index (χ0n) is 13.2. The van der Waals surface area contributed by atoms with E-state index in [1.807, 2.05) is 0 Å². The number of ether oxygens (including phenoxy) is 1. The summed E-state index contributed by atoms with van der Waals surface area (Å²) in [5.74, 6) is 0. The smallest absolute Gasteiger partial charge is 0.0664 e. The van der Waals surface area contributed by atoms with Crippen LogP contribution in [-0.4, -0.2) is 44.1 Å². The molecule has 0 radical (unpaired) electrons. The van der Waals surface area contributed by atoms with Gasteiger partial charge in [0.25, 0.3) is 0 Å². The zero-order valence-corrected chi connectivity index (χ0v) is 13.2. The minimum Gasteiger partial charge on any atom is -0.392 e. The maximum absolute atomic E-state index is 9.78. The summed E-state index contributed by atoms with van der Waals surface area (Å²) >= 11 is 0. The van der Waals surface area contributed by atoms with Crippen LogP contribution in [0.5, 0.6) is 0 Å². The van der Waals surface area contributed by atoms with Crippen LogP contribution in [0, 0.1) is 0 Å². The molecule has 2 N–H and O–H groups in total. The van der Waals surface area contributed by atoms with Gasteiger partial charge in [0, 0.05) is 31.4 Å². The van der Waals surface area contributed by atoms with Gasteiger partial charge in [0.05, 0.1) is 19.3 Å². The van der Waals surface area contributed by atoms with Crippen LogP contribution in [0.2, 0.25) is 0 Å². The number of nitrogens with zero attached hydrogens (tertiary/aromatic N) is 1. The minimum atomic E-state index is -0.245. The van der Waals surface area contributed by atoms with E-state index in [0.717, 1.165) is 39.1 Å². The molecule has 118 valence electrons. The van der Waals surface area contributed by atoms with Crippen molar-refractivity contribution in [3.05, 3.63) is 29.8 Å². The van der Waals surface area contributed by atoms with Gasteiger partial charge in [-0.1, -0.05) is 25.5 Å². The van der Waals surface area contributed by atoms with Crippen LogP contribution in [0.15, 0.2) is 24.3 Å². The molecule has 1 fully saturated rings. The first-order chi connectivity index (χ1) is 10.2. The maximum Gasteiger partial charge on any atom is 0.0664 e. The first-order valence-corrected chi connectivity index (χ1v) is 8.04. The molecule has 1 aromatic carbocycles. The quantitative estimate of drug-likeness (QED) is 0.809. The van der Waals surface area contributed by atoms with Crippen LogP contribution >= 0.6 is 0 Å². The fourth-order valence-corrected chi connectivity index (χ4v) is 2.66. The van der Waals surface area contributed by atoms with Crippen molar-refractivity contribution in [1.29, 1.82) is 0 Å². The fourth-order valence-electron chi connectivity index (χ4n) is 2.66. The van der Waals surface area contributed by atoms with Crippen LogP contribution in [0.4, 0.5) is 5.69 Å². The summed E-state index contributed by atoms with van der Waals surface area (Å²) in [5, 5.41) is 13.2. The third kappa shape index (κ3) is 4.99. The molecule has 0 bridgehead atoms. The van der Waals surface area contributed by atoms with Crippen LogP contribution < -0.4 is 10.2 Å². The Labute approximate surface area is 128 Å². The van der Waals surface area contributed by atoms with Crippen molar-refractivity contribution in [1.82, 2.24) is 5.32 Å². The number of morpholine rings is 1. The Morgan fingerprint density at radius 3 is 2.52 bits per heavy atom. The molecule has 0 aromatic heterocycles. The Morgan fingerprint density at radius 2 is 1.90 bits per heavy atom. The first kappa shape index (κ1) is 16.3. The third-order valence-electron chi connectivity index (χ3n) is 4.05. The molecule has 4 heteroatoms. The molecule has 1 aromatic rings. The van der Waals surface area contributed by atoms with Gasteiger partial charge in [-0.05, 0) is 31.0 Å². The van der Waals surface area contributed by atoms with E-state index in [2.05, 4.69) is 48.3 Å². The summed E-state index contributed by atoms with van der Waals surface area (Å²) in [5.41, 5.74) is 2.52. The highest BCUT2D eigenvalue weighted by Gasteiger charge is 2.12. The molecular formula is C17H28N2O2. The van der Waals surface area contributed by atoms with Gasteiger partial charge in [-0.2, -0.15) is 0 Å². The second-order valence-electron chi connectivity index (χ2n) is 5.76. The van der Waals surface area contributed by atoms with Gasteiger partial charge in [0.15, 0.2) is 0 Å². The molecular weight excluding hydrogens is 264 g/mol. The summed E-state index contributed by atoms with van der Waals surface area (Å²) in [6, 6.07) is 8.97. The molecule has 0 spiro atoms. The zero-order chi connectivity index (χ0) is 15.1. The molecule has 1 saturated heterocycles. The fraction of sp³-hybridized carbons (Fsp3) is 0.647. The lowest BCUT2D eigenvalue weighted by Crippen LogP contribution is -2.36. The van der Waals surface area contributed by atoms with Crippen molar-refractivity contribution in [3.8, 4) is 0 Å². The van der Waals surface area contributed by atoms with Gasteiger partial charge in [-0.25, -0.2) is 0 Å². The van der Waals surface area contributed by atoms with Crippen LogP contribution in [0.1, 0.15) is 38.3 Å². The van der Waals surface area contributed by atoms with Gasteiger partial charge in [-0.15, -0.1) is 0 Å². The van der Waals surface area contributed by atoms with E-state index in [1.165, 1.54) is 11.3 Å². The van der Waals surface area contributed by atoms with Crippen molar-refractivity contribution in [2.45, 2.75) is 38.8 Å². The lowest BCUT2D eigenvalue weighted by atomic mass is 10.1. The highest BCUT2D eigenvalue weighted by Crippen LogP contribution is 2.20. The summed E-state index contributed by atoms with van der Waals surface area (Å²) in [6.07, 6.45) is 1.63. The van der Waals surface area contributed by atoms with E-state index < -0.39 is 0 Å². The SMILES string of the molecule is CCCC(O)CNC(C)c1ccc(N2CCOCC2)cc1. The van der Waals surface area contributed by atoms with Crippen molar-refractivity contribution in [2.24, 2.45) is 0 Å². The number of hydrogen-bond donors (Lipinski definition) is 2. The van der Waals surface area contributed by atoms with Gasteiger partial charge in [-0.3, -0.25) is 0 Å². The standard InChI is InChI=1S/C17H28N2O2/c1-3-4-17(20)13-18-14(2)15-5-7-16(8-6-15)19-9-11-21-12-10-19/h5-8,14,17-18,20H,3-4,9-13H2,1-2H3. The summed E-state index contributed by atoms with van der Waals surface area (Å²) in [7, 11) is 0. The summed E-state index contributed by atoms with van der Waals surface area (Å²) in [4.78, 5) is 2.36. The summed E-state index contributed by atoms with van der Waals surface area (Å²) in [6.45, 7) is 8.45. The second kappa shape index (κ2) is 8.37. The van der Waals surface area contributed by atoms with E-state index in [-0.39, 0.29) is 12.1 Å². The van der Waals surface area contributed by atoms with Gasteiger partial charge in [0.2, 0.25) is 0 Å². The van der Waals surface area contributed by atoms with Crippen molar-refractivity contribution in [3.63, 3.8) is 0 Å². The van der Waals surface area contributed by atoms with E-state index in [1.54, 1.807) is 0 Å². The van der Waals surface area contributed by atoms with Gasteiger partial charge >= 0.3 is 0 Å². The Balaban J connectivity index is 1.85. The van der Waals surface area contributed by atoms with Gasteiger partial charge in [0.1, 0.15) is 0 Å². The predicted octanol–water partition coefficient (Wildman–Crippen LogP) is 2.33. The van der Waals surface area contributed by atoms with Crippen molar-refractivity contribution < 1.29 is 9.84 Å². The number of aliphatic hydroxyl groups excluding tert-OH is 1. The van der Waals surface area contributed by atoms with Crippen LogP contribution in [-0.2, 0) is 4.74 Å². The molecule has 1 heterocycles. The van der Waals surface area contributed by atoms with Crippen LogP contribution in [0.3, 0.4) is 0 Å². The van der Waals surface area contributed by atoms with E-state index in [0.29, 0.717) is 6.54 Å². The number of aliphatic hydroxyl groups is 1. The number of rotatable bonds is 7. The van der Waals surface area contributed by atoms with Crippen LogP contribution in [0.25, 0.3) is 0 Å². The average Bonchev–Trinajstić information content (AvgIpc) is 2.54.